The summed E-state index contributed by atoms with van der Waals surface area (Å²) in [6.45, 7) is 10.0. The van der Waals surface area contributed by atoms with Crippen molar-refractivity contribution in [2.75, 3.05) is 6.61 Å². The van der Waals surface area contributed by atoms with Gasteiger partial charge in [-0.05, 0) is 26.3 Å². The van der Waals surface area contributed by atoms with Crippen molar-refractivity contribution >= 4 is 10.9 Å². The summed E-state index contributed by atoms with van der Waals surface area (Å²) in [6, 6.07) is 8.28. The number of hydrogen-bond acceptors (Lipinski definition) is 2. The molecule has 98 valence electrons. The van der Waals surface area contributed by atoms with Gasteiger partial charge in [0.2, 0.25) is 0 Å². The van der Waals surface area contributed by atoms with E-state index in [9.17, 15) is 0 Å². The largest absolute Gasteiger partial charge is 0.369 e. The normalized spacial score (nSPS) is 17.6. The number of hydrogen-bond donors (Lipinski definition) is 0. The van der Waals surface area contributed by atoms with Crippen LogP contribution in [0.1, 0.15) is 39.8 Å². The van der Waals surface area contributed by atoms with E-state index in [-0.39, 0.29) is 5.60 Å². The number of benzene rings is 1. The Morgan fingerprint density at radius 2 is 1.94 bits per heavy atom. The van der Waals surface area contributed by atoms with Gasteiger partial charge in [0.25, 0.3) is 0 Å². The van der Waals surface area contributed by atoms with Gasteiger partial charge in [0.05, 0.1) is 11.2 Å². The minimum absolute atomic E-state index is 0.243. The minimum atomic E-state index is -0.243. The van der Waals surface area contributed by atoms with Crippen molar-refractivity contribution in [1.82, 2.24) is 9.78 Å². The fraction of sp³-hybridized carbons (Fsp3) is 0.533. The van der Waals surface area contributed by atoms with Gasteiger partial charge in [0.15, 0.2) is 0 Å². The van der Waals surface area contributed by atoms with Crippen LogP contribution in [-0.2, 0) is 16.9 Å². The Hall–Kier alpha value is -1.35. The Morgan fingerprint density at radius 1 is 1.22 bits per heavy atom. The van der Waals surface area contributed by atoms with Crippen LogP contribution in [0.4, 0.5) is 0 Å². The van der Waals surface area contributed by atoms with E-state index >= 15 is 0 Å². The molecule has 1 aliphatic rings. The highest BCUT2D eigenvalue weighted by Gasteiger charge is 2.30. The number of fused-ring (bicyclic) bond motifs is 3. The third-order valence-electron chi connectivity index (χ3n) is 3.19. The van der Waals surface area contributed by atoms with Crippen LogP contribution in [0.25, 0.3) is 10.9 Å². The molecule has 0 spiro atoms. The van der Waals surface area contributed by atoms with Gasteiger partial charge in [-0.15, -0.1) is 0 Å². The number of nitrogens with zero attached hydrogens (tertiary/aromatic N) is 2. The van der Waals surface area contributed by atoms with Gasteiger partial charge < -0.3 is 4.74 Å². The molecule has 2 aromatic rings. The van der Waals surface area contributed by atoms with Gasteiger partial charge in [-0.1, -0.05) is 32.0 Å². The van der Waals surface area contributed by atoms with Crippen molar-refractivity contribution < 1.29 is 4.74 Å². The van der Waals surface area contributed by atoms with E-state index in [1.54, 1.807) is 0 Å². The fourth-order valence-electron chi connectivity index (χ4n) is 2.49. The first-order valence-electron chi connectivity index (χ1n) is 6.78. The number of aromatic nitrogens is 2. The maximum atomic E-state index is 5.92. The molecule has 1 aromatic carbocycles. The molecule has 2 heterocycles. The van der Waals surface area contributed by atoms with E-state index in [4.69, 9.17) is 4.74 Å². The molecule has 0 amide bonds. The van der Waals surface area contributed by atoms with Crippen LogP contribution in [-0.4, -0.2) is 16.4 Å². The summed E-state index contributed by atoms with van der Waals surface area (Å²) in [5.41, 5.74) is 2.03. The molecule has 0 aliphatic carbocycles. The van der Waals surface area contributed by atoms with Gasteiger partial charge in [0.1, 0.15) is 5.60 Å². The lowest BCUT2D eigenvalue weighted by atomic mass is 10.0. The van der Waals surface area contributed by atoms with Crippen LogP contribution >= 0.6 is 0 Å². The molecule has 1 aromatic heterocycles. The summed E-state index contributed by atoms with van der Waals surface area (Å²) in [5.74, 6) is 0. The van der Waals surface area contributed by atoms with E-state index in [0.717, 1.165) is 25.1 Å². The number of rotatable bonds is 0. The molecule has 0 N–H and O–H groups in total. The van der Waals surface area contributed by atoms with E-state index in [0.29, 0.717) is 0 Å². The Labute approximate surface area is 109 Å². The molecular weight excluding hydrogens is 224 g/mol. The van der Waals surface area contributed by atoms with E-state index < -0.39 is 0 Å². The highest BCUT2D eigenvalue weighted by atomic mass is 16.5. The van der Waals surface area contributed by atoms with Crippen molar-refractivity contribution in [2.45, 2.75) is 46.3 Å². The molecule has 0 radical (unpaired) electrons. The molecule has 0 saturated carbocycles. The molecule has 1 aliphatic heterocycles. The van der Waals surface area contributed by atoms with Crippen molar-refractivity contribution in [2.24, 2.45) is 0 Å². The Kier molecular flexibility index (Phi) is 3.71. The average Bonchev–Trinajstić information content (AvgIpc) is 2.69. The van der Waals surface area contributed by atoms with Gasteiger partial charge in [-0.3, -0.25) is 4.68 Å². The second-order valence-electron chi connectivity index (χ2n) is 4.80. The Bertz CT molecular complexity index is 528. The molecule has 0 saturated heterocycles. The van der Waals surface area contributed by atoms with Gasteiger partial charge in [-0.2, -0.15) is 5.10 Å². The highest BCUT2D eigenvalue weighted by Crippen LogP contribution is 2.33. The second-order valence-corrected chi connectivity index (χ2v) is 4.80. The highest BCUT2D eigenvalue weighted by molar-refractivity contribution is 5.82. The summed E-state index contributed by atoms with van der Waals surface area (Å²) >= 11 is 0. The summed E-state index contributed by atoms with van der Waals surface area (Å²) in [6.07, 6.45) is 1.03. The maximum Gasteiger partial charge on any atom is 0.105 e. The van der Waals surface area contributed by atoms with E-state index in [2.05, 4.69) is 41.8 Å². The van der Waals surface area contributed by atoms with Crippen LogP contribution in [0.15, 0.2) is 24.3 Å². The Balaban J connectivity index is 0.000000574. The maximum absolute atomic E-state index is 5.92. The molecular formula is C15H22N2O. The van der Waals surface area contributed by atoms with Gasteiger partial charge >= 0.3 is 0 Å². The van der Waals surface area contributed by atoms with Crippen molar-refractivity contribution in [3.63, 3.8) is 0 Å². The first-order chi connectivity index (χ1) is 8.68. The lowest BCUT2D eigenvalue weighted by Crippen LogP contribution is -2.23. The quantitative estimate of drug-likeness (QED) is 0.708. The standard InChI is InChI=1S/C13H16N2O.C2H6/c1-13(2)12-10-6-3-4-7-11(10)14-15(12)8-5-9-16-13;1-2/h3-4,6-7H,5,8-9H2,1-2H3;1-2H3. The van der Waals surface area contributed by atoms with Crippen LogP contribution < -0.4 is 0 Å². The van der Waals surface area contributed by atoms with Gasteiger partial charge in [0, 0.05) is 18.5 Å². The number of aryl methyl sites for hydroxylation is 1. The summed E-state index contributed by atoms with van der Waals surface area (Å²) in [4.78, 5) is 0. The molecule has 0 atom stereocenters. The average molecular weight is 246 g/mol. The SMILES string of the molecule is CC.CC1(C)OCCCn2nc3ccccc3c21. The third kappa shape index (κ3) is 2.15. The molecule has 0 fully saturated rings. The molecule has 3 nitrogen and oxygen atoms in total. The van der Waals surface area contributed by atoms with Crippen LogP contribution in [0.3, 0.4) is 0 Å². The topological polar surface area (TPSA) is 27.1 Å². The molecule has 0 unspecified atom stereocenters. The molecule has 3 rings (SSSR count). The summed E-state index contributed by atoms with van der Waals surface area (Å²) in [5, 5.41) is 5.86. The van der Waals surface area contributed by atoms with E-state index in [1.807, 2.05) is 19.9 Å². The first kappa shape index (κ1) is 13.1. The minimum Gasteiger partial charge on any atom is -0.369 e. The first-order valence-corrected chi connectivity index (χ1v) is 6.78. The zero-order valence-electron chi connectivity index (χ0n) is 11.7. The van der Waals surface area contributed by atoms with Crippen molar-refractivity contribution in [3.05, 3.63) is 30.0 Å². The zero-order chi connectivity index (χ0) is 13.2. The lowest BCUT2D eigenvalue weighted by Gasteiger charge is -2.23. The third-order valence-corrected chi connectivity index (χ3v) is 3.19. The van der Waals surface area contributed by atoms with Crippen LogP contribution in [0, 0.1) is 0 Å². The molecule has 0 bridgehead atoms. The zero-order valence-corrected chi connectivity index (χ0v) is 11.7. The van der Waals surface area contributed by atoms with Gasteiger partial charge in [-0.25, -0.2) is 0 Å². The van der Waals surface area contributed by atoms with Crippen molar-refractivity contribution in [3.8, 4) is 0 Å². The van der Waals surface area contributed by atoms with E-state index in [1.165, 1.54) is 11.1 Å². The lowest BCUT2D eigenvalue weighted by molar-refractivity contribution is -0.0181. The predicted octanol–water partition coefficient (Wildman–Crippen LogP) is 3.72. The van der Waals surface area contributed by atoms with Crippen LogP contribution in [0.2, 0.25) is 0 Å². The summed E-state index contributed by atoms with van der Waals surface area (Å²) < 4.78 is 8.03. The monoisotopic (exact) mass is 246 g/mol. The Morgan fingerprint density at radius 3 is 2.72 bits per heavy atom. The predicted molar refractivity (Wildman–Crippen MR) is 74.7 cm³/mol. The fourth-order valence-corrected chi connectivity index (χ4v) is 2.49. The molecule has 18 heavy (non-hydrogen) atoms. The van der Waals surface area contributed by atoms with Crippen LogP contribution in [0.5, 0.6) is 0 Å². The summed E-state index contributed by atoms with van der Waals surface area (Å²) in [7, 11) is 0. The number of ether oxygens (including phenoxy) is 1. The second kappa shape index (κ2) is 5.11. The van der Waals surface area contributed by atoms with Crippen molar-refractivity contribution in [1.29, 1.82) is 0 Å². The molecule has 3 heteroatoms. The smallest absolute Gasteiger partial charge is 0.105 e.